The number of rotatable bonds is 10. The van der Waals surface area contributed by atoms with E-state index in [0.717, 1.165) is 36.7 Å². The van der Waals surface area contributed by atoms with Gasteiger partial charge in [0.15, 0.2) is 0 Å². The van der Waals surface area contributed by atoms with Crippen LogP contribution in [0.2, 0.25) is 0 Å². The van der Waals surface area contributed by atoms with Crippen LogP contribution < -0.4 is 10.5 Å². The largest absolute Gasteiger partial charge is 0.491 e. The first-order valence-electron chi connectivity index (χ1n) is 8.03. The highest BCUT2D eigenvalue weighted by atomic mass is 16.5. The van der Waals surface area contributed by atoms with E-state index in [-0.39, 0.29) is 0 Å². The summed E-state index contributed by atoms with van der Waals surface area (Å²) in [6, 6.07) is 7.74. The second-order valence-electron chi connectivity index (χ2n) is 6.02. The summed E-state index contributed by atoms with van der Waals surface area (Å²) in [6.45, 7) is 5.89. The molecule has 0 aliphatic heterocycles. The topological polar surface area (TPSA) is 58.7 Å². The van der Waals surface area contributed by atoms with Crippen LogP contribution in [0, 0.1) is 5.92 Å². The molecule has 0 heterocycles. The third kappa shape index (κ3) is 6.04. The number of ether oxygens (including phenoxy) is 1. The average molecular weight is 292 g/mol. The second kappa shape index (κ2) is 8.37. The molecule has 1 aromatic carbocycles. The van der Waals surface area contributed by atoms with Gasteiger partial charge in [0, 0.05) is 19.6 Å². The summed E-state index contributed by atoms with van der Waals surface area (Å²) in [7, 11) is 0. The molecule has 1 fully saturated rings. The molecule has 1 aromatic rings. The fourth-order valence-corrected chi connectivity index (χ4v) is 2.54. The Morgan fingerprint density at radius 1 is 1.43 bits per heavy atom. The van der Waals surface area contributed by atoms with Gasteiger partial charge >= 0.3 is 0 Å². The van der Waals surface area contributed by atoms with Crippen LogP contribution in [0.25, 0.3) is 0 Å². The number of hydrogen-bond acceptors (Lipinski definition) is 4. The normalized spacial score (nSPS) is 16.2. The molecule has 0 amide bonds. The Morgan fingerprint density at radius 2 is 2.24 bits per heavy atom. The van der Waals surface area contributed by atoms with E-state index < -0.39 is 6.10 Å². The molecule has 1 unspecified atom stereocenters. The molecule has 1 saturated carbocycles. The van der Waals surface area contributed by atoms with Gasteiger partial charge in [-0.2, -0.15) is 0 Å². The lowest BCUT2D eigenvalue weighted by atomic mass is 10.2. The van der Waals surface area contributed by atoms with Crippen molar-refractivity contribution in [2.45, 2.75) is 38.8 Å². The first-order chi connectivity index (χ1) is 10.2. The molecule has 1 aliphatic rings. The zero-order valence-electron chi connectivity index (χ0n) is 13.0. The Labute approximate surface area is 127 Å². The van der Waals surface area contributed by atoms with E-state index in [0.29, 0.717) is 19.7 Å². The maximum Gasteiger partial charge on any atom is 0.119 e. The highest BCUT2D eigenvalue weighted by molar-refractivity contribution is 5.28. The van der Waals surface area contributed by atoms with Crippen LogP contribution in [0.15, 0.2) is 24.3 Å². The molecule has 0 bridgehead atoms. The molecule has 21 heavy (non-hydrogen) atoms. The third-order valence-corrected chi connectivity index (χ3v) is 3.80. The van der Waals surface area contributed by atoms with Crippen molar-refractivity contribution in [3.05, 3.63) is 29.8 Å². The van der Waals surface area contributed by atoms with Gasteiger partial charge in [0.25, 0.3) is 0 Å². The van der Waals surface area contributed by atoms with Gasteiger partial charge in [0.05, 0.1) is 0 Å². The van der Waals surface area contributed by atoms with Crippen LogP contribution in [0.1, 0.15) is 31.7 Å². The summed E-state index contributed by atoms with van der Waals surface area (Å²) in [5, 5.41) is 10.2. The van der Waals surface area contributed by atoms with Gasteiger partial charge in [-0.3, -0.25) is 0 Å². The first-order valence-corrected chi connectivity index (χ1v) is 8.03. The predicted molar refractivity (Wildman–Crippen MR) is 85.3 cm³/mol. The van der Waals surface area contributed by atoms with Crippen molar-refractivity contribution in [2.75, 3.05) is 26.2 Å². The van der Waals surface area contributed by atoms with Crippen molar-refractivity contribution in [1.29, 1.82) is 0 Å². The minimum Gasteiger partial charge on any atom is -0.491 e. The van der Waals surface area contributed by atoms with Crippen molar-refractivity contribution < 1.29 is 9.84 Å². The van der Waals surface area contributed by atoms with Gasteiger partial charge in [-0.25, -0.2) is 0 Å². The van der Waals surface area contributed by atoms with Crippen LogP contribution in [-0.2, 0) is 6.54 Å². The number of aliphatic hydroxyl groups is 1. The van der Waals surface area contributed by atoms with Crippen molar-refractivity contribution in [1.82, 2.24) is 4.90 Å². The van der Waals surface area contributed by atoms with Crippen LogP contribution >= 0.6 is 0 Å². The number of hydrogen-bond donors (Lipinski definition) is 2. The molecule has 1 aliphatic carbocycles. The zero-order chi connectivity index (χ0) is 15.1. The maximum absolute atomic E-state index is 10.2. The molecule has 1 atom stereocenters. The Hall–Kier alpha value is -1.10. The fraction of sp³-hybridized carbons (Fsp3) is 0.647. The van der Waals surface area contributed by atoms with Crippen LogP contribution in [0.3, 0.4) is 0 Å². The lowest BCUT2D eigenvalue weighted by Gasteiger charge is -2.24. The lowest BCUT2D eigenvalue weighted by molar-refractivity contribution is 0.0665. The SMILES string of the molecule is CCCN(CC(O)COc1cccc(CN)c1)CC1CC1. The lowest BCUT2D eigenvalue weighted by Crippen LogP contribution is -2.37. The quantitative estimate of drug-likeness (QED) is 0.692. The Kier molecular flexibility index (Phi) is 6.49. The highest BCUT2D eigenvalue weighted by Gasteiger charge is 2.25. The van der Waals surface area contributed by atoms with E-state index >= 15 is 0 Å². The summed E-state index contributed by atoms with van der Waals surface area (Å²) >= 11 is 0. The molecule has 3 N–H and O–H groups in total. The van der Waals surface area contributed by atoms with Gasteiger partial charge in [-0.1, -0.05) is 19.1 Å². The van der Waals surface area contributed by atoms with Gasteiger partial charge in [-0.05, 0) is 49.4 Å². The third-order valence-electron chi connectivity index (χ3n) is 3.80. The molecule has 2 rings (SSSR count). The molecule has 0 aromatic heterocycles. The van der Waals surface area contributed by atoms with E-state index in [1.165, 1.54) is 12.8 Å². The average Bonchev–Trinajstić information content (AvgIpc) is 3.29. The Morgan fingerprint density at radius 3 is 2.90 bits per heavy atom. The van der Waals surface area contributed by atoms with Crippen molar-refractivity contribution in [3.8, 4) is 5.75 Å². The molecular weight excluding hydrogens is 264 g/mol. The Balaban J connectivity index is 1.75. The fourth-order valence-electron chi connectivity index (χ4n) is 2.54. The number of nitrogens with zero attached hydrogens (tertiary/aromatic N) is 1. The standard InChI is InChI=1S/C17H28N2O2/c1-2-8-19(11-14-6-7-14)12-16(20)13-21-17-5-3-4-15(9-17)10-18/h3-5,9,14,16,20H,2,6-8,10-13,18H2,1H3. The summed E-state index contributed by atoms with van der Waals surface area (Å²) in [5.74, 6) is 1.63. The number of benzene rings is 1. The molecule has 0 radical (unpaired) electrons. The smallest absolute Gasteiger partial charge is 0.119 e. The van der Waals surface area contributed by atoms with E-state index in [1.54, 1.807) is 0 Å². The van der Waals surface area contributed by atoms with Crippen molar-refractivity contribution >= 4 is 0 Å². The van der Waals surface area contributed by atoms with Gasteiger partial charge in [-0.15, -0.1) is 0 Å². The van der Waals surface area contributed by atoms with E-state index in [9.17, 15) is 5.11 Å². The predicted octanol–water partition coefficient (Wildman–Crippen LogP) is 2.01. The summed E-state index contributed by atoms with van der Waals surface area (Å²) in [5.41, 5.74) is 6.66. The summed E-state index contributed by atoms with van der Waals surface area (Å²) < 4.78 is 5.68. The highest BCUT2D eigenvalue weighted by Crippen LogP contribution is 2.29. The summed E-state index contributed by atoms with van der Waals surface area (Å²) in [6.07, 6.45) is 3.37. The second-order valence-corrected chi connectivity index (χ2v) is 6.02. The number of aliphatic hydroxyl groups excluding tert-OH is 1. The Bertz CT molecular complexity index is 421. The van der Waals surface area contributed by atoms with Crippen LogP contribution in [0.4, 0.5) is 0 Å². The van der Waals surface area contributed by atoms with E-state index in [1.807, 2.05) is 24.3 Å². The van der Waals surface area contributed by atoms with Gasteiger partial charge < -0.3 is 20.5 Å². The molecule has 4 nitrogen and oxygen atoms in total. The van der Waals surface area contributed by atoms with Crippen molar-refractivity contribution in [2.24, 2.45) is 11.7 Å². The number of nitrogens with two attached hydrogens (primary N) is 1. The first kappa shape index (κ1) is 16.3. The molecule has 0 spiro atoms. The van der Waals surface area contributed by atoms with Crippen molar-refractivity contribution in [3.63, 3.8) is 0 Å². The van der Waals surface area contributed by atoms with Gasteiger partial charge in [0.1, 0.15) is 18.5 Å². The minimum absolute atomic E-state index is 0.332. The van der Waals surface area contributed by atoms with Crippen LogP contribution in [0.5, 0.6) is 5.75 Å². The van der Waals surface area contributed by atoms with E-state index in [2.05, 4.69) is 11.8 Å². The van der Waals surface area contributed by atoms with Gasteiger partial charge in [0.2, 0.25) is 0 Å². The molecule has 4 heteroatoms. The molecular formula is C17H28N2O2. The molecule has 0 saturated heterocycles. The summed E-state index contributed by atoms with van der Waals surface area (Å²) in [4.78, 5) is 2.36. The van der Waals surface area contributed by atoms with E-state index in [4.69, 9.17) is 10.5 Å². The van der Waals surface area contributed by atoms with Crippen LogP contribution in [-0.4, -0.2) is 42.4 Å². The maximum atomic E-state index is 10.2. The minimum atomic E-state index is -0.447. The molecule has 118 valence electrons. The zero-order valence-corrected chi connectivity index (χ0v) is 13.0. The monoisotopic (exact) mass is 292 g/mol.